The molecule has 3 aromatic rings. The molecule has 37 heavy (non-hydrogen) atoms. The van der Waals surface area contributed by atoms with Crippen molar-refractivity contribution in [1.29, 1.82) is 0 Å². The van der Waals surface area contributed by atoms with Crippen molar-refractivity contribution in [2.24, 2.45) is 7.05 Å². The lowest BCUT2D eigenvalue weighted by atomic mass is 10.0. The lowest BCUT2D eigenvalue weighted by Gasteiger charge is -2.39. The number of rotatable bonds is 6. The van der Waals surface area contributed by atoms with E-state index in [2.05, 4.69) is 36.9 Å². The highest BCUT2D eigenvalue weighted by Crippen LogP contribution is 2.34. The van der Waals surface area contributed by atoms with E-state index < -0.39 is 4.65 Å². The Morgan fingerprint density at radius 1 is 1.22 bits per heavy atom. The lowest BCUT2D eigenvalue weighted by molar-refractivity contribution is 0.0827. The lowest BCUT2D eigenvalue weighted by Crippen LogP contribution is -2.39. The van der Waals surface area contributed by atoms with Gasteiger partial charge in [0.05, 0.1) is 16.6 Å². The van der Waals surface area contributed by atoms with E-state index in [1.807, 2.05) is 44.4 Å². The van der Waals surface area contributed by atoms with Gasteiger partial charge in [-0.3, -0.25) is 19.3 Å². The predicted octanol–water partition coefficient (Wildman–Crippen LogP) is 3.40. The van der Waals surface area contributed by atoms with Crippen molar-refractivity contribution in [2.75, 3.05) is 40.8 Å². The Labute approximate surface area is 217 Å². The third kappa shape index (κ3) is 4.81. The number of carbonyl (C=O) groups excluding carboxylic acids is 1. The molecular weight excluding hydrogens is 466 g/mol. The zero-order chi connectivity index (χ0) is 26.2. The minimum absolute atomic E-state index is 0.0455. The standard InChI is InChI=1S/C28H33N7O2/c1-29-22-10-15-35(37,16-11-22)26-7-12-30-27-24(26)17-23(33(27)4)19-34-13-8-20(9-14-34)25-6-5-21(18-31-25)28(36)32(2)3/h5-8,10-12,15,17-18,29H,9,13-14,16,19H2,1-4H3. The number of likely N-dealkylation sites (N-methyl/N-ethyl adjacent to an activating group) is 1. The number of hydrogen-bond donors (Lipinski definition) is 1. The van der Waals surface area contributed by atoms with Gasteiger partial charge in [-0.05, 0) is 36.3 Å². The number of aryl methyl sites for hydroxylation is 1. The van der Waals surface area contributed by atoms with Gasteiger partial charge in [0.25, 0.3) is 5.91 Å². The second kappa shape index (κ2) is 9.93. The largest absolute Gasteiger partial charge is 0.622 e. The van der Waals surface area contributed by atoms with Gasteiger partial charge < -0.3 is 20.0 Å². The van der Waals surface area contributed by atoms with Gasteiger partial charge in [-0.1, -0.05) is 6.08 Å². The topological polar surface area (TPSA) is 89.3 Å². The SMILES string of the molecule is CNC1=CC[N+]([O-])(c2ccnc3c2cc(CN2CC=C(c4ccc(C(=O)N(C)C)cn4)CC2)n3C)C=C1. The van der Waals surface area contributed by atoms with Crippen LogP contribution in [0.3, 0.4) is 0 Å². The number of quaternary nitrogens is 1. The van der Waals surface area contributed by atoms with Gasteiger partial charge in [0.15, 0.2) is 0 Å². The Hall–Kier alpha value is -3.79. The van der Waals surface area contributed by atoms with Gasteiger partial charge in [-0.25, -0.2) is 4.98 Å². The van der Waals surface area contributed by atoms with Crippen LogP contribution in [0.2, 0.25) is 0 Å². The summed E-state index contributed by atoms with van der Waals surface area (Å²) in [4.78, 5) is 25.2. The molecule has 2 aliphatic rings. The van der Waals surface area contributed by atoms with Crippen LogP contribution in [0.1, 0.15) is 28.2 Å². The Morgan fingerprint density at radius 3 is 2.68 bits per heavy atom. The van der Waals surface area contributed by atoms with Crippen molar-refractivity contribution < 1.29 is 4.79 Å². The van der Waals surface area contributed by atoms with E-state index >= 15 is 0 Å². The van der Waals surface area contributed by atoms with E-state index in [9.17, 15) is 10.0 Å². The Morgan fingerprint density at radius 2 is 2.05 bits per heavy atom. The monoisotopic (exact) mass is 499 g/mol. The summed E-state index contributed by atoms with van der Waals surface area (Å²) >= 11 is 0. The number of nitrogens with zero attached hydrogens (tertiary/aromatic N) is 6. The average molecular weight is 500 g/mol. The predicted molar refractivity (Wildman–Crippen MR) is 147 cm³/mol. The molecule has 5 rings (SSSR count). The van der Waals surface area contributed by atoms with Gasteiger partial charge in [0.1, 0.15) is 24.1 Å². The molecule has 0 spiro atoms. The average Bonchev–Trinajstić information content (AvgIpc) is 3.24. The fourth-order valence-corrected chi connectivity index (χ4v) is 4.95. The highest BCUT2D eigenvalue weighted by Gasteiger charge is 2.25. The molecule has 0 aromatic carbocycles. The second-order valence-electron chi connectivity index (χ2n) is 9.81. The van der Waals surface area contributed by atoms with Gasteiger partial charge in [0, 0.05) is 83.8 Å². The third-order valence-electron chi connectivity index (χ3n) is 7.20. The highest BCUT2D eigenvalue weighted by atomic mass is 16.5. The molecule has 9 nitrogen and oxygen atoms in total. The number of pyridine rings is 2. The molecule has 0 fully saturated rings. The summed E-state index contributed by atoms with van der Waals surface area (Å²) in [5.41, 5.74) is 6.31. The maximum absolute atomic E-state index is 13.7. The normalized spacial score (nSPS) is 20.0. The molecule has 0 bridgehead atoms. The summed E-state index contributed by atoms with van der Waals surface area (Å²) in [6.45, 7) is 2.81. The molecule has 1 amide bonds. The van der Waals surface area contributed by atoms with Crippen LogP contribution >= 0.6 is 0 Å². The molecule has 3 aromatic heterocycles. The molecule has 9 heteroatoms. The Balaban J connectivity index is 1.32. The van der Waals surface area contributed by atoms with Crippen molar-refractivity contribution in [2.45, 2.75) is 13.0 Å². The smallest absolute Gasteiger partial charge is 0.254 e. The van der Waals surface area contributed by atoms with Gasteiger partial charge in [-0.2, -0.15) is 0 Å². The fourth-order valence-electron chi connectivity index (χ4n) is 4.95. The van der Waals surface area contributed by atoms with Crippen molar-refractivity contribution in [1.82, 2.24) is 34.3 Å². The maximum Gasteiger partial charge on any atom is 0.254 e. The maximum atomic E-state index is 13.7. The molecule has 5 heterocycles. The van der Waals surface area contributed by atoms with E-state index in [1.54, 1.807) is 37.6 Å². The van der Waals surface area contributed by atoms with Crippen LogP contribution in [-0.4, -0.2) is 71.0 Å². The molecule has 0 aliphatic carbocycles. The zero-order valence-electron chi connectivity index (χ0n) is 21.8. The van der Waals surface area contributed by atoms with E-state index in [4.69, 9.17) is 0 Å². The van der Waals surface area contributed by atoms with E-state index in [0.717, 1.165) is 54.2 Å². The summed E-state index contributed by atoms with van der Waals surface area (Å²) in [6, 6.07) is 7.72. The van der Waals surface area contributed by atoms with E-state index in [1.165, 1.54) is 5.57 Å². The van der Waals surface area contributed by atoms with Crippen LogP contribution in [0, 0.1) is 5.21 Å². The van der Waals surface area contributed by atoms with E-state index in [-0.39, 0.29) is 5.91 Å². The number of hydroxylamine groups is 2. The Bertz CT molecular complexity index is 1420. The first-order valence-electron chi connectivity index (χ1n) is 12.5. The molecule has 0 saturated carbocycles. The summed E-state index contributed by atoms with van der Waals surface area (Å²) < 4.78 is 1.56. The first-order valence-corrected chi connectivity index (χ1v) is 12.5. The molecule has 1 atom stereocenters. The fraction of sp³-hybridized carbons (Fsp3) is 0.321. The van der Waals surface area contributed by atoms with Crippen molar-refractivity contribution in [3.05, 3.63) is 88.9 Å². The number of carbonyl (C=O) groups is 1. The molecule has 0 radical (unpaired) electrons. The summed E-state index contributed by atoms with van der Waals surface area (Å²) in [6.07, 6.45) is 12.0. The van der Waals surface area contributed by atoms with Gasteiger partial charge in [-0.15, -0.1) is 0 Å². The molecule has 1 N–H and O–H groups in total. The zero-order valence-corrected chi connectivity index (χ0v) is 21.8. The van der Waals surface area contributed by atoms with Crippen molar-refractivity contribution in [3.63, 3.8) is 0 Å². The minimum Gasteiger partial charge on any atom is -0.622 e. The minimum atomic E-state index is -0.532. The molecular formula is C28H33N7O2. The second-order valence-corrected chi connectivity index (χ2v) is 9.81. The summed E-state index contributed by atoms with van der Waals surface area (Å²) in [7, 11) is 7.35. The highest BCUT2D eigenvalue weighted by molar-refractivity contribution is 5.93. The van der Waals surface area contributed by atoms with Crippen LogP contribution < -0.4 is 9.96 Å². The van der Waals surface area contributed by atoms with Gasteiger partial charge in [0.2, 0.25) is 0 Å². The van der Waals surface area contributed by atoms with Crippen LogP contribution in [0.4, 0.5) is 5.69 Å². The van der Waals surface area contributed by atoms with Crippen LogP contribution in [-0.2, 0) is 13.6 Å². The number of aromatic nitrogens is 3. The third-order valence-corrected chi connectivity index (χ3v) is 7.20. The quantitative estimate of drug-likeness (QED) is 0.413. The number of allylic oxidation sites excluding steroid dienone is 1. The van der Waals surface area contributed by atoms with Crippen LogP contribution in [0.5, 0.6) is 0 Å². The number of hydrogen-bond acceptors (Lipinski definition) is 6. The first kappa shape index (κ1) is 24.9. The van der Waals surface area contributed by atoms with Gasteiger partial charge >= 0.3 is 0 Å². The van der Waals surface area contributed by atoms with Crippen LogP contribution in [0.15, 0.2) is 66.8 Å². The molecule has 192 valence electrons. The molecule has 1 unspecified atom stereocenters. The number of fused-ring (bicyclic) bond motifs is 1. The Kier molecular flexibility index (Phi) is 6.68. The van der Waals surface area contributed by atoms with Crippen molar-refractivity contribution >= 4 is 28.2 Å². The van der Waals surface area contributed by atoms with E-state index in [0.29, 0.717) is 17.8 Å². The number of amides is 1. The van der Waals surface area contributed by atoms with Crippen LogP contribution in [0.25, 0.3) is 16.6 Å². The summed E-state index contributed by atoms with van der Waals surface area (Å²) in [5.74, 6) is -0.0455. The molecule has 0 saturated heterocycles. The summed E-state index contributed by atoms with van der Waals surface area (Å²) in [5, 5.41) is 17.7. The first-order chi connectivity index (χ1) is 17.8. The van der Waals surface area contributed by atoms with Crippen molar-refractivity contribution in [3.8, 4) is 0 Å². The number of nitrogens with one attached hydrogen (secondary N) is 1. The molecule has 2 aliphatic heterocycles.